The van der Waals surface area contributed by atoms with Crippen LogP contribution in [-0.2, 0) is 13.5 Å². The molecule has 0 N–H and O–H groups in total. The SMILES string of the molecule is CCc1ccc([C@H]2C[C@H](C)CCN2C(=O)c2ccn(C)c(=O)c2)o1. The summed E-state index contributed by atoms with van der Waals surface area (Å²) in [4.78, 5) is 26.7. The molecular weight excluding hydrogens is 304 g/mol. The maximum atomic E-state index is 13.0. The minimum Gasteiger partial charge on any atom is -0.464 e. The number of rotatable bonds is 3. The van der Waals surface area contributed by atoms with Crippen LogP contribution in [0.15, 0.2) is 39.7 Å². The van der Waals surface area contributed by atoms with Gasteiger partial charge < -0.3 is 13.9 Å². The molecule has 3 rings (SSSR count). The lowest BCUT2D eigenvalue weighted by atomic mass is 9.90. The van der Waals surface area contributed by atoms with Crippen LogP contribution >= 0.6 is 0 Å². The summed E-state index contributed by atoms with van der Waals surface area (Å²) < 4.78 is 7.38. The number of likely N-dealkylation sites (tertiary alicyclic amines) is 1. The molecule has 5 nitrogen and oxygen atoms in total. The van der Waals surface area contributed by atoms with Crippen molar-refractivity contribution in [3.63, 3.8) is 0 Å². The summed E-state index contributed by atoms with van der Waals surface area (Å²) in [6, 6.07) is 7.02. The van der Waals surface area contributed by atoms with Gasteiger partial charge in [-0.1, -0.05) is 13.8 Å². The molecule has 0 aromatic carbocycles. The number of hydrogen-bond donors (Lipinski definition) is 0. The molecule has 2 atom stereocenters. The third kappa shape index (κ3) is 3.16. The molecule has 1 aliphatic heterocycles. The van der Waals surface area contributed by atoms with Gasteiger partial charge in [0.15, 0.2) is 0 Å². The molecule has 0 spiro atoms. The van der Waals surface area contributed by atoms with Crippen LogP contribution in [-0.4, -0.2) is 21.9 Å². The second-order valence-corrected chi connectivity index (χ2v) is 6.67. The fourth-order valence-electron chi connectivity index (χ4n) is 3.27. The van der Waals surface area contributed by atoms with Crippen molar-refractivity contribution >= 4 is 5.91 Å². The maximum Gasteiger partial charge on any atom is 0.254 e. The van der Waals surface area contributed by atoms with Gasteiger partial charge in [0.1, 0.15) is 11.5 Å². The van der Waals surface area contributed by atoms with Crippen LogP contribution in [0.3, 0.4) is 0 Å². The van der Waals surface area contributed by atoms with Crippen LogP contribution in [0.1, 0.15) is 54.6 Å². The molecule has 2 aromatic heterocycles. The first-order valence-electron chi connectivity index (χ1n) is 8.56. The predicted octanol–water partition coefficient (Wildman–Crippen LogP) is 3.15. The fraction of sp³-hybridized carbons (Fsp3) is 0.474. The Morgan fingerprint density at radius 2 is 2.12 bits per heavy atom. The molecule has 0 bridgehead atoms. The Balaban J connectivity index is 1.91. The van der Waals surface area contributed by atoms with Crippen LogP contribution in [0.5, 0.6) is 0 Å². The Kier molecular flexibility index (Phi) is 4.60. The van der Waals surface area contributed by atoms with E-state index >= 15 is 0 Å². The smallest absolute Gasteiger partial charge is 0.254 e. The number of piperidine rings is 1. The van der Waals surface area contributed by atoms with Gasteiger partial charge in [-0.05, 0) is 37.0 Å². The van der Waals surface area contributed by atoms with Crippen molar-refractivity contribution < 1.29 is 9.21 Å². The van der Waals surface area contributed by atoms with Crippen LogP contribution in [0.2, 0.25) is 0 Å². The minimum absolute atomic E-state index is 0.0643. The van der Waals surface area contributed by atoms with Gasteiger partial charge in [-0.2, -0.15) is 0 Å². The van der Waals surface area contributed by atoms with Crippen molar-refractivity contribution in [3.05, 3.63) is 57.9 Å². The molecule has 1 fully saturated rings. The standard InChI is InChI=1S/C19H24N2O3/c1-4-15-5-6-17(24-15)16-11-13(2)7-10-21(16)19(23)14-8-9-20(3)18(22)12-14/h5-6,8-9,12-13,16H,4,7,10-11H2,1-3H3/t13-,16-/m1/s1. The Labute approximate surface area is 141 Å². The largest absolute Gasteiger partial charge is 0.464 e. The van der Waals surface area contributed by atoms with Gasteiger partial charge in [0.05, 0.1) is 6.04 Å². The molecule has 1 aliphatic rings. The highest BCUT2D eigenvalue weighted by molar-refractivity contribution is 5.94. The highest BCUT2D eigenvalue weighted by Crippen LogP contribution is 2.35. The summed E-state index contributed by atoms with van der Waals surface area (Å²) in [7, 11) is 1.68. The van der Waals surface area contributed by atoms with Crippen molar-refractivity contribution in [2.45, 2.75) is 39.2 Å². The quantitative estimate of drug-likeness (QED) is 0.870. The second-order valence-electron chi connectivity index (χ2n) is 6.67. The lowest BCUT2D eigenvalue weighted by molar-refractivity contribution is 0.0518. The first kappa shape index (κ1) is 16.6. The van der Waals surface area contributed by atoms with Crippen molar-refractivity contribution in [2.24, 2.45) is 13.0 Å². The molecule has 2 aromatic rings. The summed E-state index contributed by atoms with van der Waals surface area (Å²) in [5, 5.41) is 0. The molecule has 1 saturated heterocycles. The van der Waals surface area contributed by atoms with Crippen LogP contribution in [0, 0.1) is 5.92 Å². The maximum absolute atomic E-state index is 13.0. The first-order chi connectivity index (χ1) is 11.5. The normalized spacial score (nSPS) is 21.0. The zero-order chi connectivity index (χ0) is 17.3. The number of aryl methyl sites for hydroxylation is 2. The number of furan rings is 1. The highest BCUT2D eigenvalue weighted by atomic mass is 16.3. The Hall–Kier alpha value is -2.30. The molecule has 0 radical (unpaired) electrons. The third-order valence-corrected chi connectivity index (χ3v) is 4.84. The van der Waals surface area contributed by atoms with E-state index in [4.69, 9.17) is 4.42 Å². The molecule has 24 heavy (non-hydrogen) atoms. The minimum atomic E-state index is -0.172. The Morgan fingerprint density at radius 3 is 2.79 bits per heavy atom. The van der Waals surface area contributed by atoms with E-state index in [0.717, 1.165) is 30.8 Å². The monoisotopic (exact) mass is 328 g/mol. The van der Waals surface area contributed by atoms with E-state index in [-0.39, 0.29) is 17.5 Å². The van der Waals surface area contributed by atoms with Gasteiger partial charge in [0.25, 0.3) is 11.5 Å². The molecule has 0 aliphatic carbocycles. The van der Waals surface area contributed by atoms with Gasteiger partial charge >= 0.3 is 0 Å². The summed E-state index contributed by atoms with van der Waals surface area (Å²) in [5.41, 5.74) is 0.272. The van der Waals surface area contributed by atoms with Crippen LogP contribution in [0.4, 0.5) is 0 Å². The van der Waals surface area contributed by atoms with Gasteiger partial charge in [-0.15, -0.1) is 0 Å². The summed E-state index contributed by atoms with van der Waals surface area (Å²) >= 11 is 0. The highest BCUT2D eigenvalue weighted by Gasteiger charge is 2.33. The van der Waals surface area contributed by atoms with E-state index in [1.165, 1.54) is 10.6 Å². The second kappa shape index (κ2) is 6.67. The van der Waals surface area contributed by atoms with E-state index in [2.05, 4.69) is 13.8 Å². The number of carbonyl (C=O) groups is 1. The summed E-state index contributed by atoms with van der Waals surface area (Å²) in [6.45, 7) is 4.94. The number of hydrogen-bond acceptors (Lipinski definition) is 3. The number of nitrogens with zero attached hydrogens (tertiary/aromatic N) is 2. The first-order valence-corrected chi connectivity index (χ1v) is 8.56. The van der Waals surface area contributed by atoms with Crippen molar-refractivity contribution in [3.8, 4) is 0 Å². The lowest BCUT2D eigenvalue weighted by Gasteiger charge is -2.37. The number of amides is 1. The summed E-state index contributed by atoms with van der Waals surface area (Å²) in [6.07, 6.45) is 4.33. The fourth-order valence-corrected chi connectivity index (χ4v) is 3.27. The van der Waals surface area contributed by atoms with Gasteiger partial charge in [0.2, 0.25) is 0 Å². The molecule has 5 heteroatoms. The van der Waals surface area contributed by atoms with E-state index in [9.17, 15) is 9.59 Å². The molecule has 1 amide bonds. The van der Waals surface area contributed by atoms with E-state index in [0.29, 0.717) is 18.0 Å². The average molecular weight is 328 g/mol. The van der Waals surface area contributed by atoms with Gasteiger partial charge in [-0.3, -0.25) is 9.59 Å². The summed E-state index contributed by atoms with van der Waals surface area (Å²) in [5.74, 6) is 2.22. The molecule has 3 heterocycles. The lowest BCUT2D eigenvalue weighted by Crippen LogP contribution is -2.41. The Bertz CT molecular complexity index is 790. The number of pyridine rings is 1. The van der Waals surface area contributed by atoms with Crippen molar-refractivity contribution in [2.75, 3.05) is 6.54 Å². The van der Waals surface area contributed by atoms with Gasteiger partial charge in [0, 0.05) is 37.8 Å². The number of aromatic nitrogens is 1. The van der Waals surface area contributed by atoms with Crippen molar-refractivity contribution in [1.82, 2.24) is 9.47 Å². The van der Waals surface area contributed by atoms with Gasteiger partial charge in [-0.25, -0.2) is 0 Å². The van der Waals surface area contributed by atoms with Crippen LogP contribution in [0.25, 0.3) is 0 Å². The van der Waals surface area contributed by atoms with E-state index in [1.807, 2.05) is 17.0 Å². The zero-order valence-electron chi connectivity index (χ0n) is 14.5. The predicted molar refractivity (Wildman–Crippen MR) is 91.9 cm³/mol. The average Bonchev–Trinajstić information content (AvgIpc) is 3.05. The Morgan fingerprint density at radius 1 is 1.33 bits per heavy atom. The number of carbonyl (C=O) groups excluding carboxylic acids is 1. The van der Waals surface area contributed by atoms with Crippen LogP contribution < -0.4 is 5.56 Å². The van der Waals surface area contributed by atoms with E-state index in [1.54, 1.807) is 19.3 Å². The van der Waals surface area contributed by atoms with E-state index < -0.39 is 0 Å². The third-order valence-electron chi connectivity index (χ3n) is 4.84. The molecule has 0 saturated carbocycles. The molecule has 128 valence electrons. The topological polar surface area (TPSA) is 55.5 Å². The molecule has 0 unspecified atom stereocenters. The van der Waals surface area contributed by atoms with Crippen molar-refractivity contribution in [1.29, 1.82) is 0 Å². The zero-order valence-corrected chi connectivity index (χ0v) is 14.5. The molecular formula is C19H24N2O3.